The van der Waals surface area contributed by atoms with Crippen molar-refractivity contribution in [1.29, 1.82) is 0 Å². The Labute approximate surface area is 85.8 Å². The fourth-order valence-corrected chi connectivity index (χ4v) is 1.84. The predicted molar refractivity (Wildman–Crippen MR) is 57.7 cm³/mol. The summed E-state index contributed by atoms with van der Waals surface area (Å²) >= 11 is 5.95. The predicted octanol–water partition coefficient (Wildman–Crippen LogP) is 3.14. The summed E-state index contributed by atoms with van der Waals surface area (Å²) in [6, 6.07) is 7.90. The molecule has 14 heavy (non-hydrogen) atoms. The van der Waals surface area contributed by atoms with E-state index in [1.807, 2.05) is 35.0 Å². The number of imidazole rings is 1. The van der Waals surface area contributed by atoms with Gasteiger partial charge in [0.2, 0.25) is 0 Å². The molecule has 2 heterocycles. The summed E-state index contributed by atoms with van der Waals surface area (Å²) in [6.07, 6.45) is 5.71. The highest BCUT2D eigenvalue weighted by molar-refractivity contribution is 6.31. The van der Waals surface area contributed by atoms with Gasteiger partial charge in [-0.25, -0.2) is 4.98 Å². The van der Waals surface area contributed by atoms with Crippen LogP contribution in [0.2, 0.25) is 5.02 Å². The number of hydrogen-bond donors (Lipinski definition) is 0. The molecule has 0 atom stereocenters. The number of benzene rings is 1. The van der Waals surface area contributed by atoms with Crippen molar-refractivity contribution in [2.75, 3.05) is 0 Å². The van der Waals surface area contributed by atoms with Crippen LogP contribution in [0.5, 0.6) is 0 Å². The molecule has 0 spiro atoms. The molecule has 0 bridgehead atoms. The van der Waals surface area contributed by atoms with Crippen LogP contribution in [0.1, 0.15) is 0 Å². The minimum atomic E-state index is 0.744. The summed E-state index contributed by atoms with van der Waals surface area (Å²) in [6.45, 7) is 0. The molecule has 0 radical (unpaired) electrons. The van der Waals surface area contributed by atoms with Crippen molar-refractivity contribution < 1.29 is 0 Å². The first-order chi connectivity index (χ1) is 6.84. The maximum atomic E-state index is 5.95. The number of hydrogen-bond acceptors (Lipinski definition) is 1. The second kappa shape index (κ2) is 2.72. The molecule has 3 aromatic rings. The quantitative estimate of drug-likeness (QED) is 0.548. The molecule has 1 aromatic carbocycles. The van der Waals surface area contributed by atoms with Crippen molar-refractivity contribution in [3.05, 3.63) is 47.9 Å². The highest BCUT2D eigenvalue weighted by Crippen LogP contribution is 2.22. The second-order valence-corrected chi connectivity index (χ2v) is 3.64. The Morgan fingerprint density at radius 1 is 1.14 bits per heavy atom. The van der Waals surface area contributed by atoms with Gasteiger partial charge in [0, 0.05) is 29.0 Å². The van der Waals surface area contributed by atoms with Crippen LogP contribution in [-0.4, -0.2) is 9.38 Å². The lowest BCUT2D eigenvalue weighted by molar-refractivity contribution is 1.20. The van der Waals surface area contributed by atoms with Crippen LogP contribution >= 0.6 is 11.6 Å². The molecular formula is C11H7ClN2. The monoisotopic (exact) mass is 202 g/mol. The van der Waals surface area contributed by atoms with Crippen molar-refractivity contribution in [3.63, 3.8) is 0 Å². The molecule has 3 heteroatoms. The topological polar surface area (TPSA) is 17.3 Å². The van der Waals surface area contributed by atoms with E-state index in [4.69, 9.17) is 11.6 Å². The van der Waals surface area contributed by atoms with Gasteiger partial charge < -0.3 is 4.40 Å². The lowest BCUT2D eigenvalue weighted by Gasteiger charge is -2.00. The summed E-state index contributed by atoms with van der Waals surface area (Å²) < 4.78 is 1.98. The van der Waals surface area contributed by atoms with Gasteiger partial charge in [0.15, 0.2) is 0 Å². The first kappa shape index (κ1) is 7.83. The van der Waals surface area contributed by atoms with Gasteiger partial charge in [0.1, 0.15) is 5.65 Å². The van der Waals surface area contributed by atoms with E-state index in [9.17, 15) is 0 Å². The number of pyridine rings is 1. The molecule has 0 aliphatic rings. The van der Waals surface area contributed by atoms with Crippen LogP contribution in [0.3, 0.4) is 0 Å². The van der Waals surface area contributed by atoms with E-state index in [0.717, 1.165) is 21.4 Å². The first-order valence-electron chi connectivity index (χ1n) is 4.35. The van der Waals surface area contributed by atoms with Gasteiger partial charge in [-0.2, -0.15) is 0 Å². The van der Waals surface area contributed by atoms with E-state index in [1.54, 1.807) is 6.20 Å². The van der Waals surface area contributed by atoms with Crippen molar-refractivity contribution in [2.45, 2.75) is 0 Å². The Morgan fingerprint density at radius 2 is 2.07 bits per heavy atom. The zero-order chi connectivity index (χ0) is 9.54. The van der Waals surface area contributed by atoms with E-state index in [0.29, 0.717) is 0 Å². The summed E-state index contributed by atoms with van der Waals surface area (Å²) in [5.74, 6) is 0. The Hall–Kier alpha value is -1.54. The van der Waals surface area contributed by atoms with Crippen LogP contribution in [-0.2, 0) is 0 Å². The Morgan fingerprint density at radius 3 is 3.00 bits per heavy atom. The molecule has 2 nitrogen and oxygen atoms in total. The van der Waals surface area contributed by atoms with Gasteiger partial charge >= 0.3 is 0 Å². The molecular weight excluding hydrogens is 196 g/mol. The van der Waals surface area contributed by atoms with Gasteiger partial charge in [-0.3, -0.25) is 0 Å². The van der Waals surface area contributed by atoms with Crippen LogP contribution in [0.15, 0.2) is 42.9 Å². The maximum Gasteiger partial charge on any atom is 0.144 e. The molecule has 0 aliphatic carbocycles. The molecule has 0 fully saturated rings. The second-order valence-electron chi connectivity index (χ2n) is 3.21. The van der Waals surface area contributed by atoms with Crippen molar-refractivity contribution >= 4 is 28.0 Å². The minimum Gasteiger partial charge on any atom is -0.307 e. The number of fused-ring (bicyclic) bond motifs is 3. The third-order valence-electron chi connectivity index (χ3n) is 2.34. The minimum absolute atomic E-state index is 0.744. The number of aromatic nitrogens is 2. The Kier molecular flexibility index (Phi) is 1.52. The van der Waals surface area contributed by atoms with Crippen LogP contribution < -0.4 is 0 Å². The lowest BCUT2D eigenvalue weighted by atomic mass is 10.2. The average Bonchev–Trinajstić information content (AvgIpc) is 2.65. The van der Waals surface area contributed by atoms with E-state index >= 15 is 0 Å². The van der Waals surface area contributed by atoms with Crippen molar-refractivity contribution in [3.8, 4) is 0 Å². The number of nitrogens with zero attached hydrogens (tertiary/aromatic N) is 2. The van der Waals surface area contributed by atoms with E-state index < -0.39 is 0 Å². The van der Waals surface area contributed by atoms with Crippen LogP contribution in [0.4, 0.5) is 0 Å². The Bertz CT molecular complexity index is 613. The third kappa shape index (κ3) is 1.01. The lowest BCUT2D eigenvalue weighted by Crippen LogP contribution is -1.84. The van der Waals surface area contributed by atoms with Crippen LogP contribution in [0, 0.1) is 0 Å². The molecule has 0 unspecified atom stereocenters. The van der Waals surface area contributed by atoms with Crippen molar-refractivity contribution in [2.24, 2.45) is 0 Å². The first-order valence-corrected chi connectivity index (χ1v) is 4.73. The SMILES string of the molecule is Clc1ccc2ccn3ccnc3c2c1. The summed E-state index contributed by atoms with van der Waals surface area (Å²) in [5.41, 5.74) is 0.949. The molecule has 0 amide bonds. The summed E-state index contributed by atoms with van der Waals surface area (Å²) in [7, 11) is 0. The van der Waals surface area contributed by atoms with Crippen molar-refractivity contribution in [1.82, 2.24) is 9.38 Å². The summed E-state index contributed by atoms with van der Waals surface area (Å²) in [5, 5.41) is 2.99. The maximum absolute atomic E-state index is 5.95. The molecule has 0 N–H and O–H groups in total. The fourth-order valence-electron chi connectivity index (χ4n) is 1.67. The molecule has 2 aromatic heterocycles. The van der Waals surface area contributed by atoms with Gasteiger partial charge in [-0.05, 0) is 23.6 Å². The molecule has 0 aliphatic heterocycles. The zero-order valence-electron chi connectivity index (χ0n) is 7.31. The van der Waals surface area contributed by atoms with E-state index in [-0.39, 0.29) is 0 Å². The molecule has 3 rings (SSSR count). The normalized spacial score (nSPS) is 11.2. The van der Waals surface area contributed by atoms with Gasteiger partial charge in [-0.15, -0.1) is 0 Å². The molecule has 0 saturated heterocycles. The van der Waals surface area contributed by atoms with E-state index in [2.05, 4.69) is 11.1 Å². The highest BCUT2D eigenvalue weighted by Gasteiger charge is 2.01. The fraction of sp³-hybridized carbons (Fsp3) is 0. The molecule has 68 valence electrons. The van der Waals surface area contributed by atoms with Gasteiger partial charge in [0.05, 0.1) is 0 Å². The third-order valence-corrected chi connectivity index (χ3v) is 2.57. The number of rotatable bonds is 0. The largest absolute Gasteiger partial charge is 0.307 e. The van der Waals surface area contributed by atoms with Gasteiger partial charge in [0.25, 0.3) is 0 Å². The van der Waals surface area contributed by atoms with E-state index in [1.165, 1.54) is 0 Å². The van der Waals surface area contributed by atoms with Crippen LogP contribution in [0.25, 0.3) is 16.4 Å². The average molecular weight is 203 g/mol. The highest BCUT2D eigenvalue weighted by atomic mass is 35.5. The number of halogens is 1. The summed E-state index contributed by atoms with van der Waals surface area (Å²) in [4.78, 5) is 4.29. The zero-order valence-corrected chi connectivity index (χ0v) is 8.07. The Balaban J connectivity index is 2.60. The molecule has 0 saturated carbocycles. The smallest absolute Gasteiger partial charge is 0.144 e. The standard InChI is InChI=1S/C11H7ClN2/c12-9-2-1-8-3-5-14-6-4-13-11(14)10(8)7-9/h1-7H. The van der Waals surface area contributed by atoms with Gasteiger partial charge in [-0.1, -0.05) is 17.7 Å².